The predicted octanol–water partition coefficient (Wildman–Crippen LogP) is 4.51. The van der Waals surface area contributed by atoms with Crippen molar-refractivity contribution >= 4 is 44.9 Å². The first kappa shape index (κ1) is 18.1. The third-order valence-electron chi connectivity index (χ3n) is 4.17. The van der Waals surface area contributed by atoms with Gasteiger partial charge in [0.1, 0.15) is 11.2 Å². The maximum absolute atomic E-state index is 12.3. The van der Waals surface area contributed by atoms with Crippen molar-refractivity contribution < 1.29 is 18.3 Å². The number of hydrogen-bond donors (Lipinski definition) is 1. The van der Waals surface area contributed by atoms with Crippen LogP contribution in [-0.2, 0) is 17.6 Å². The molecule has 1 N–H and O–H groups in total. The Labute approximate surface area is 162 Å². The van der Waals surface area contributed by atoms with Crippen LogP contribution in [0.3, 0.4) is 0 Å². The number of aromatic nitrogens is 2. The van der Waals surface area contributed by atoms with Gasteiger partial charge in [-0.1, -0.05) is 11.8 Å². The highest BCUT2D eigenvalue weighted by Crippen LogP contribution is 2.39. The molecule has 1 aliphatic carbocycles. The number of rotatable bonds is 6. The van der Waals surface area contributed by atoms with Crippen LogP contribution in [0.25, 0.3) is 10.2 Å². The quantitative estimate of drug-likeness (QED) is 0.609. The molecule has 0 saturated heterocycles. The monoisotopic (exact) mass is 407 g/mol. The zero-order chi connectivity index (χ0) is 18.8. The molecular formula is C18H15F2N3O2S2. The second kappa shape index (κ2) is 7.77. The Kier molecular flexibility index (Phi) is 5.22. The van der Waals surface area contributed by atoms with Crippen LogP contribution in [0.2, 0.25) is 0 Å². The molecule has 2 aromatic heterocycles. The van der Waals surface area contributed by atoms with Crippen LogP contribution < -0.4 is 10.1 Å². The molecule has 2 heterocycles. The molecule has 0 unspecified atom stereocenters. The van der Waals surface area contributed by atoms with Gasteiger partial charge in [-0.3, -0.25) is 4.79 Å². The van der Waals surface area contributed by atoms with E-state index in [1.54, 1.807) is 23.5 Å². The maximum atomic E-state index is 12.3. The minimum absolute atomic E-state index is 0.190. The van der Waals surface area contributed by atoms with Crippen molar-refractivity contribution in [2.75, 3.05) is 11.9 Å². The van der Waals surface area contributed by atoms with Gasteiger partial charge >= 0.3 is 0 Å². The lowest BCUT2D eigenvalue weighted by Gasteiger charge is -2.09. The van der Waals surface area contributed by atoms with E-state index in [-0.39, 0.29) is 12.5 Å². The highest BCUT2D eigenvalue weighted by atomic mass is 32.2. The van der Waals surface area contributed by atoms with Crippen molar-refractivity contribution in [1.29, 1.82) is 0 Å². The zero-order valence-corrected chi connectivity index (χ0v) is 15.7. The third-order valence-corrected chi connectivity index (χ3v) is 6.09. The summed E-state index contributed by atoms with van der Waals surface area (Å²) in [5.41, 5.74) is 1.75. The van der Waals surface area contributed by atoms with Crippen molar-refractivity contribution in [3.8, 4) is 5.88 Å². The number of halogens is 2. The molecule has 1 aromatic carbocycles. The molecule has 3 aromatic rings. The fourth-order valence-electron chi connectivity index (χ4n) is 3.06. The van der Waals surface area contributed by atoms with Gasteiger partial charge in [0.2, 0.25) is 5.88 Å². The first-order chi connectivity index (χ1) is 13.1. The fourth-order valence-corrected chi connectivity index (χ4v) is 4.78. The van der Waals surface area contributed by atoms with E-state index < -0.39 is 5.76 Å². The largest absolute Gasteiger partial charge is 0.467 e. The number of amides is 1. The van der Waals surface area contributed by atoms with Gasteiger partial charge in [-0.2, -0.15) is 8.78 Å². The van der Waals surface area contributed by atoms with E-state index in [0.29, 0.717) is 28.2 Å². The van der Waals surface area contributed by atoms with E-state index in [0.717, 1.165) is 29.5 Å². The molecular weight excluding hydrogens is 392 g/mol. The second-order valence-corrected chi connectivity index (χ2v) is 8.10. The lowest BCUT2D eigenvalue weighted by atomic mass is 10.2. The lowest BCUT2D eigenvalue weighted by molar-refractivity contribution is -0.118. The molecule has 5 nitrogen and oxygen atoms in total. The molecule has 0 bridgehead atoms. The lowest BCUT2D eigenvalue weighted by Crippen LogP contribution is -2.20. The first-order valence-electron chi connectivity index (χ1n) is 8.33. The Morgan fingerprint density at radius 3 is 2.85 bits per heavy atom. The molecule has 0 fully saturated rings. The Hall–Kier alpha value is -2.26. The van der Waals surface area contributed by atoms with Crippen LogP contribution in [0.1, 0.15) is 16.9 Å². The maximum Gasteiger partial charge on any atom is 0.288 e. The molecule has 1 amide bonds. The number of aryl methyl sites for hydroxylation is 2. The summed E-state index contributed by atoms with van der Waals surface area (Å²) < 4.78 is 30.3. The molecule has 0 aliphatic heterocycles. The molecule has 0 spiro atoms. The van der Waals surface area contributed by atoms with Crippen LogP contribution in [-0.4, -0.2) is 28.2 Å². The van der Waals surface area contributed by atoms with Crippen molar-refractivity contribution in [2.45, 2.75) is 29.9 Å². The van der Waals surface area contributed by atoms with Crippen LogP contribution >= 0.6 is 23.1 Å². The highest BCUT2D eigenvalue weighted by Gasteiger charge is 2.22. The second-order valence-electron chi connectivity index (χ2n) is 5.96. The van der Waals surface area contributed by atoms with Crippen LogP contribution in [0.15, 0.2) is 35.5 Å². The normalized spacial score (nSPS) is 13.1. The number of nitrogens with zero attached hydrogens (tertiary/aromatic N) is 2. The SMILES string of the molecule is O=C(COc1ncnc2sc3c(c12)CCC3)Nc1ccc(SC(F)F)cc1. The molecule has 27 heavy (non-hydrogen) atoms. The van der Waals surface area contributed by atoms with Gasteiger partial charge < -0.3 is 10.1 Å². The Morgan fingerprint density at radius 1 is 1.26 bits per heavy atom. The smallest absolute Gasteiger partial charge is 0.288 e. The summed E-state index contributed by atoms with van der Waals surface area (Å²) in [6.45, 7) is -0.190. The van der Waals surface area contributed by atoms with Gasteiger partial charge in [0.25, 0.3) is 11.7 Å². The number of carbonyl (C=O) groups excluding carboxylic acids is 1. The molecule has 0 saturated carbocycles. The Balaban J connectivity index is 1.40. The number of fused-ring (bicyclic) bond motifs is 3. The molecule has 0 radical (unpaired) electrons. The minimum Gasteiger partial charge on any atom is -0.467 e. The van der Waals surface area contributed by atoms with E-state index in [9.17, 15) is 13.6 Å². The van der Waals surface area contributed by atoms with E-state index in [4.69, 9.17) is 4.74 Å². The van der Waals surface area contributed by atoms with Gasteiger partial charge in [0, 0.05) is 15.5 Å². The third kappa shape index (κ3) is 4.03. The number of hydrogen-bond acceptors (Lipinski definition) is 6. The van der Waals surface area contributed by atoms with Gasteiger partial charge in [-0.05, 0) is 49.1 Å². The van der Waals surface area contributed by atoms with Crippen molar-refractivity contribution in [3.63, 3.8) is 0 Å². The summed E-state index contributed by atoms with van der Waals surface area (Å²) in [4.78, 5) is 23.3. The number of thioether (sulfide) groups is 1. The number of benzene rings is 1. The summed E-state index contributed by atoms with van der Waals surface area (Å²) in [6.07, 6.45) is 4.59. The fraction of sp³-hybridized carbons (Fsp3) is 0.278. The standard InChI is InChI=1S/C18H15F2N3O2S2/c19-18(20)26-11-6-4-10(5-7-11)23-14(24)8-25-16-15-12-2-1-3-13(12)27-17(15)22-9-21-16/h4-7,9,18H,1-3,8H2,(H,23,24). The Morgan fingerprint density at radius 2 is 2.07 bits per heavy atom. The van der Waals surface area contributed by atoms with E-state index >= 15 is 0 Å². The summed E-state index contributed by atoms with van der Waals surface area (Å²) in [5, 5.41) is 3.60. The van der Waals surface area contributed by atoms with Crippen LogP contribution in [0, 0.1) is 0 Å². The summed E-state index contributed by atoms with van der Waals surface area (Å²) in [7, 11) is 0. The summed E-state index contributed by atoms with van der Waals surface area (Å²) in [6, 6.07) is 6.24. The Bertz CT molecular complexity index is 977. The van der Waals surface area contributed by atoms with Gasteiger partial charge in [-0.25, -0.2) is 9.97 Å². The van der Waals surface area contributed by atoms with Crippen LogP contribution in [0.5, 0.6) is 5.88 Å². The molecule has 4 rings (SSSR count). The van der Waals surface area contributed by atoms with Crippen LogP contribution in [0.4, 0.5) is 14.5 Å². The number of alkyl halides is 2. The number of carbonyl (C=O) groups is 1. The molecule has 140 valence electrons. The number of nitrogens with one attached hydrogen (secondary N) is 1. The zero-order valence-electron chi connectivity index (χ0n) is 14.1. The van der Waals surface area contributed by atoms with Gasteiger partial charge in [-0.15, -0.1) is 11.3 Å². The van der Waals surface area contributed by atoms with Crippen molar-refractivity contribution in [3.05, 3.63) is 41.0 Å². The molecule has 9 heteroatoms. The average molecular weight is 407 g/mol. The van der Waals surface area contributed by atoms with Gasteiger partial charge in [0.05, 0.1) is 5.39 Å². The molecule has 0 atom stereocenters. The van der Waals surface area contributed by atoms with Crippen molar-refractivity contribution in [1.82, 2.24) is 9.97 Å². The minimum atomic E-state index is -2.47. The number of anilines is 1. The first-order valence-corrected chi connectivity index (χ1v) is 10.0. The highest BCUT2D eigenvalue weighted by molar-refractivity contribution is 7.99. The number of ether oxygens (including phenoxy) is 1. The average Bonchev–Trinajstić information content (AvgIpc) is 3.22. The van der Waals surface area contributed by atoms with E-state index in [1.807, 2.05) is 0 Å². The predicted molar refractivity (Wildman–Crippen MR) is 102 cm³/mol. The molecule has 1 aliphatic rings. The van der Waals surface area contributed by atoms with E-state index in [1.165, 1.54) is 28.9 Å². The summed E-state index contributed by atoms with van der Waals surface area (Å²) >= 11 is 2.12. The number of thiophene rings is 1. The van der Waals surface area contributed by atoms with Crippen molar-refractivity contribution in [2.24, 2.45) is 0 Å². The van der Waals surface area contributed by atoms with E-state index in [2.05, 4.69) is 15.3 Å². The topological polar surface area (TPSA) is 64.1 Å². The summed E-state index contributed by atoms with van der Waals surface area (Å²) in [5.74, 6) is -2.39. The van der Waals surface area contributed by atoms with Gasteiger partial charge in [0.15, 0.2) is 6.61 Å².